The number of carbonyl (C=O) groups excluding carboxylic acids is 1. The Bertz CT molecular complexity index is 642. The molecular formula is C19H23NO3. The van der Waals surface area contributed by atoms with Gasteiger partial charge in [-0.2, -0.15) is 0 Å². The number of benzene rings is 2. The average Bonchev–Trinajstić information content (AvgIpc) is 2.60. The molecule has 0 saturated carbocycles. The standard InChI is InChI=1S/C19H23NO3/c1-14(20(2)13-21)11-17(15-7-5-4-6-8-15)16-9-10-18(22)19(12-16)23-3/h4-10,12-14,17,22H,11H2,1-3H3/t14-,17+/m0/s1. The fourth-order valence-electron chi connectivity index (χ4n) is 2.67. The van der Waals surface area contributed by atoms with Crippen molar-refractivity contribution >= 4 is 6.41 Å². The lowest BCUT2D eigenvalue weighted by Crippen LogP contribution is -2.29. The number of aromatic hydroxyl groups is 1. The second-order valence-electron chi connectivity index (χ2n) is 5.75. The number of carbonyl (C=O) groups is 1. The zero-order valence-corrected chi connectivity index (χ0v) is 13.8. The largest absolute Gasteiger partial charge is 0.504 e. The molecular weight excluding hydrogens is 290 g/mol. The maximum Gasteiger partial charge on any atom is 0.209 e. The molecule has 1 amide bonds. The molecule has 2 rings (SSSR count). The lowest BCUT2D eigenvalue weighted by atomic mass is 9.86. The Labute approximate surface area is 137 Å². The van der Waals surface area contributed by atoms with Gasteiger partial charge in [0.15, 0.2) is 11.5 Å². The number of rotatable bonds is 7. The normalized spacial score (nSPS) is 13.2. The van der Waals surface area contributed by atoms with Crippen LogP contribution >= 0.6 is 0 Å². The summed E-state index contributed by atoms with van der Waals surface area (Å²) < 4.78 is 5.23. The molecule has 0 fully saturated rings. The molecule has 2 atom stereocenters. The number of nitrogens with zero attached hydrogens (tertiary/aromatic N) is 1. The highest BCUT2D eigenvalue weighted by Gasteiger charge is 2.20. The molecule has 23 heavy (non-hydrogen) atoms. The number of phenols is 1. The van der Waals surface area contributed by atoms with Gasteiger partial charge in [-0.05, 0) is 36.6 Å². The highest BCUT2D eigenvalue weighted by molar-refractivity contribution is 5.48. The summed E-state index contributed by atoms with van der Waals surface area (Å²) in [4.78, 5) is 12.7. The Morgan fingerprint density at radius 3 is 2.48 bits per heavy atom. The third-order valence-electron chi connectivity index (χ3n) is 4.25. The first-order chi connectivity index (χ1) is 11.1. The third kappa shape index (κ3) is 4.03. The molecule has 0 saturated heterocycles. The van der Waals surface area contributed by atoms with Gasteiger partial charge < -0.3 is 14.7 Å². The van der Waals surface area contributed by atoms with E-state index < -0.39 is 0 Å². The van der Waals surface area contributed by atoms with Crippen LogP contribution in [0, 0.1) is 0 Å². The van der Waals surface area contributed by atoms with Crippen LogP contribution in [0.5, 0.6) is 11.5 Å². The van der Waals surface area contributed by atoms with Gasteiger partial charge in [-0.15, -0.1) is 0 Å². The van der Waals surface area contributed by atoms with Crippen molar-refractivity contribution in [3.63, 3.8) is 0 Å². The van der Waals surface area contributed by atoms with Crippen LogP contribution in [-0.4, -0.2) is 36.6 Å². The van der Waals surface area contributed by atoms with Gasteiger partial charge >= 0.3 is 0 Å². The van der Waals surface area contributed by atoms with Gasteiger partial charge in [0.1, 0.15) is 0 Å². The molecule has 0 aliphatic rings. The first-order valence-electron chi connectivity index (χ1n) is 7.66. The van der Waals surface area contributed by atoms with Crippen LogP contribution in [0.4, 0.5) is 0 Å². The van der Waals surface area contributed by atoms with Gasteiger partial charge in [-0.1, -0.05) is 36.4 Å². The first kappa shape index (κ1) is 16.9. The summed E-state index contributed by atoms with van der Waals surface area (Å²) in [6.07, 6.45) is 1.64. The smallest absolute Gasteiger partial charge is 0.209 e. The van der Waals surface area contributed by atoms with E-state index in [1.54, 1.807) is 25.1 Å². The summed E-state index contributed by atoms with van der Waals surface area (Å²) in [5.74, 6) is 0.698. The van der Waals surface area contributed by atoms with Crippen molar-refractivity contribution in [1.82, 2.24) is 4.90 Å². The van der Waals surface area contributed by atoms with Crippen LogP contribution in [0.3, 0.4) is 0 Å². The minimum absolute atomic E-state index is 0.0949. The molecule has 1 N–H and O–H groups in total. The zero-order chi connectivity index (χ0) is 16.8. The molecule has 4 heteroatoms. The minimum Gasteiger partial charge on any atom is -0.504 e. The van der Waals surface area contributed by atoms with Crippen molar-refractivity contribution in [2.45, 2.75) is 25.3 Å². The van der Waals surface area contributed by atoms with Crippen LogP contribution in [0.25, 0.3) is 0 Å². The van der Waals surface area contributed by atoms with Gasteiger partial charge in [0.2, 0.25) is 6.41 Å². The Balaban J connectivity index is 2.39. The van der Waals surface area contributed by atoms with Crippen molar-refractivity contribution in [2.75, 3.05) is 14.2 Å². The number of phenolic OH excluding ortho intramolecular Hbond substituents is 1. The number of ether oxygens (including phenoxy) is 1. The zero-order valence-electron chi connectivity index (χ0n) is 13.8. The minimum atomic E-state index is 0.0949. The molecule has 0 spiro atoms. The van der Waals surface area contributed by atoms with E-state index >= 15 is 0 Å². The van der Waals surface area contributed by atoms with Crippen LogP contribution in [0.15, 0.2) is 48.5 Å². The number of methoxy groups -OCH3 is 1. The van der Waals surface area contributed by atoms with E-state index in [0.29, 0.717) is 5.75 Å². The van der Waals surface area contributed by atoms with Crippen molar-refractivity contribution < 1.29 is 14.6 Å². The van der Waals surface area contributed by atoms with E-state index in [9.17, 15) is 9.90 Å². The summed E-state index contributed by atoms with van der Waals surface area (Å²) >= 11 is 0. The Hall–Kier alpha value is -2.49. The first-order valence-corrected chi connectivity index (χ1v) is 7.66. The van der Waals surface area contributed by atoms with Crippen molar-refractivity contribution in [2.24, 2.45) is 0 Å². The molecule has 0 radical (unpaired) electrons. The van der Waals surface area contributed by atoms with Crippen LogP contribution in [0.2, 0.25) is 0 Å². The molecule has 0 bridgehead atoms. The molecule has 0 heterocycles. The van der Waals surface area contributed by atoms with E-state index in [2.05, 4.69) is 12.1 Å². The van der Waals surface area contributed by atoms with Gasteiger partial charge in [0, 0.05) is 19.0 Å². The fourth-order valence-corrected chi connectivity index (χ4v) is 2.67. The summed E-state index contributed by atoms with van der Waals surface area (Å²) in [5, 5.41) is 9.82. The fraction of sp³-hybridized carbons (Fsp3) is 0.316. The highest BCUT2D eigenvalue weighted by atomic mass is 16.5. The average molecular weight is 313 g/mol. The summed E-state index contributed by atoms with van der Waals surface area (Å²) in [7, 11) is 3.33. The molecule has 0 aliphatic heterocycles. The van der Waals surface area contributed by atoms with Crippen LogP contribution in [-0.2, 0) is 4.79 Å². The lowest BCUT2D eigenvalue weighted by Gasteiger charge is -2.27. The van der Waals surface area contributed by atoms with Crippen LogP contribution in [0.1, 0.15) is 30.4 Å². The van der Waals surface area contributed by atoms with E-state index in [1.807, 2.05) is 37.3 Å². The SMILES string of the molecule is COc1cc([C@H](C[C@H](C)N(C)C=O)c2ccccc2)ccc1O. The predicted octanol–water partition coefficient (Wildman–Crippen LogP) is 3.40. The summed E-state index contributed by atoms with van der Waals surface area (Å²) in [6.45, 7) is 2.03. The van der Waals surface area contributed by atoms with E-state index in [4.69, 9.17) is 4.74 Å². The second-order valence-corrected chi connectivity index (χ2v) is 5.75. The molecule has 2 aromatic carbocycles. The quantitative estimate of drug-likeness (QED) is 0.797. The van der Waals surface area contributed by atoms with Gasteiger partial charge in [-0.25, -0.2) is 0 Å². The molecule has 2 aromatic rings. The third-order valence-corrected chi connectivity index (χ3v) is 4.25. The van der Waals surface area contributed by atoms with Crippen molar-refractivity contribution in [3.05, 3.63) is 59.7 Å². The lowest BCUT2D eigenvalue weighted by molar-refractivity contribution is -0.118. The molecule has 4 nitrogen and oxygen atoms in total. The summed E-state index contributed by atoms with van der Waals surface area (Å²) in [6, 6.07) is 15.7. The van der Waals surface area contributed by atoms with Crippen molar-refractivity contribution in [1.29, 1.82) is 0 Å². The topological polar surface area (TPSA) is 49.8 Å². The monoisotopic (exact) mass is 313 g/mol. The van der Waals surface area contributed by atoms with Gasteiger partial charge in [0.25, 0.3) is 0 Å². The Morgan fingerprint density at radius 2 is 1.87 bits per heavy atom. The molecule has 0 aromatic heterocycles. The van der Waals surface area contributed by atoms with Crippen molar-refractivity contribution in [3.8, 4) is 11.5 Å². The van der Waals surface area contributed by atoms with Gasteiger partial charge in [0.05, 0.1) is 7.11 Å². The maximum atomic E-state index is 11.0. The predicted molar refractivity (Wildman–Crippen MR) is 90.8 cm³/mol. The van der Waals surface area contributed by atoms with E-state index in [-0.39, 0.29) is 17.7 Å². The van der Waals surface area contributed by atoms with E-state index in [1.165, 1.54) is 5.56 Å². The van der Waals surface area contributed by atoms with Gasteiger partial charge in [-0.3, -0.25) is 4.79 Å². The van der Waals surface area contributed by atoms with E-state index in [0.717, 1.165) is 18.4 Å². The number of hydrogen-bond donors (Lipinski definition) is 1. The summed E-state index contributed by atoms with van der Waals surface area (Å²) in [5.41, 5.74) is 2.23. The molecule has 0 aliphatic carbocycles. The number of hydrogen-bond acceptors (Lipinski definition) is 3. The number of amides is 1. The Morgan fingerprint density at radius 1 is 1.17 bits per heavy atom. The maximum absolute atomic E-state index is 11.0. The molecule has 122 valence electrons. The van der Waals surface area contributed by atoms with Crippen LogP contribution < -0.4 is 4.74 Å². The Kier molecular flexibility index (Phi) is 5.63. The second kappa shape index (κ2) is 7.68. The highest BCUT2D eigenvalue weighted by Crippen LogP contribution is 2.35. The molecule has 0 unspecified atom stereocenters.